The number of likely N-dealkylation sites (tertiary alicyclic amines) is 1. The van der Waals surface area contributed by atoms with Gasteiger partial charge >= 0.3 is 0 Å². The summed E-state index contributed by atoms with van der Waals surface area (Å²) in [4.78, 5) is 14.4. The first kappa shape index (κ1) is 23.7. The third-order valence-electron chi connectivity index (χ3n) is 7.12. The summed E-state index contributed by atoms with van der Waals surface area (Å²) >= 11 is 12.8. The number of aromatic nitrogens is 4. The summed E-state index contributed by atoms with van der Waals surface area (Å²) in [5, 5.41) is 29.4. The number of amides is 1. The number of fused-ring (bicyclic) bond motifs is 2. The SMILES string of the molecule is N#C[C@@H]1CCCN1C(=O)CNCCC1(c2nn[nH]n2)c2ccc(Cl)cc2CCc2cc(Cl)ccc21. The van der Waals surface area contributed by atoms with Crippen LogP contribution in [-0.2, 0) is 23.1 Å². The zero-order chi connectivity index (χ0) is 24.4. The van der Waals surface area contributed by atoms with Gasteiger partial charge in [-0.05, 0) is 85.2 Å². The lowest BCUT2D eigenvalue weighted by atomic mass is 9.69. The number of rotatable bonds is 6. The summed E-state index contributed by atoms with van der Waals surface area (Å²) in [5.41, 5.74) is 3.69. The molecule has 1 atom stereocenters. The van der Waals surface area contributed by atoms with E-state index in [0.29, 0.717) is 35.4 Å². The van der Waals surface area contributed by atoms with Gasteiger partial charge in [-0.3, -0.25) is 4.79 Å². The number of nitrogens with zero attached hydrogens (tertiary/aromatic N) is 5. The van der Waals surface area contributed by atoms with E-state index in [2.05, 4.69) is 32.0 Å². The number of nitriles is 1. The first-order chi connectivity index (χ1) is 17.0. The van der Waals surface area contributed by atoms with Gasteiger partial charge in [0.2, 0.25) is 5.91 Å². The minimum absolute atomic E-state index is 0.0529. The summed E-state index contributed by atoms with van der Waals surface area (Å²) in [7, 11) is 0. The Morgan fingerprint density at radius 2 is 1.86 bits per heavy atom. The maximum atomic E-state index is 12.7. The molecule has 1 amide bonds. The number of carbonyl (C=O) groups is 1. The Bertz CT molecular complexity index is 1220. The van der Waals surface area contributed by atoms with Crippen molar-refractivity contribution in [3.05, 3.63) is 74.5 Å². The predicted molar refractivity (Wildman–Crippen MR) is 132 cm³/mol. The molecule has 0 radical (unpaired) electrons. The molecule has 10 heteroatoms. The van der Waals surface area contributed by atoms with Gasteiger partial charge in [0.15, 0.2) is 5.82 Å². The van der Waals surface area contributed by atoms with E-state index < -0.39 is 5.41 Å². The van der Waals surface area contributed by atoms with Gasteiger partial charge in [-0.1, -0.05) is 40.5 Å². The van der Waals surface area contributed by atoms with Gasteiger partial charge in [0.1, 0.15) is 6.04 Å². The molecular weight excluding hydrogens is 485 g/mol. The Kier molecular flexibility index (Phi) is 6.74. The van der Waals surface area contributed by atoms with Gasteiger partial charge in [-0.25, -0.2) is 0 Å². The van der Waals surface area contributed by atoms with Crippen LogP contribution in [0, 0.1) is 11.3 Å². The summed E-state index contributed by atoms with van der Waals surface area (Å²) in [6.07, 6.45) is 3.80. The summed E-state index contributed by atoms with van der Waals surface area (Å²) in [6.45, 7) is 1.32. The fraction of sp³-hybridized carbons (Fsp3) is 0.400. The van der Waals surface area contributed by atoms with Crippen molar-refractivity contribution in [3.8, 4) is 6.07 Å². The number of aryl methyl sites for hydroxylation is 2. The lowest BCUT2D eigenvalue weighted by molar-refractivity contribution is -0.130. The van der Waals surface area contributed by atoms with Crippen molar-refractivity contribution >= 4 is 29.1 Å². The second-order valence-electron chi connectivity index (χ2n) is 9.04. The van der Waals surface area contributed by atoms with Crippen molar-refractivity contribution in [2.45, 2.75) is 43.6 Å². The highest BCUT2D eigenvalue weighted by atomic mass is 35.5. The number of tetrazole rings is 1. The second kappa shape index (κ2) is 9.94. The Balaban J connectivity index is 1.49. The molecule has 0 spiro atoms. The molecule has 2 aliphatic rings. The van der Waals surface area contributed by atoms with E-state index in [-0.39, 0.29) is 18.5 Å². The first-order valence-corrected chi connectivity index (χ1v) is 12.5. The van der Waals surface area contributed by atoms with Crippen molar-refractivity contribution in [3.63, 3.8) is 0 Å². The number of H-pyrrole nitrogens is 1. The molecular formula is C25H25Cl2N7O. The molecule has 0 bridgehead atoms. The Labute approximate surface area is 213 Å². The highest BCUT2D eigenvalue weighted by molar-refractivity contribution is 6.31. The number of hydrogen-bond acceptors (Lipinski definition) is 6. The average molecular weight is 510 g/mol. The minimum atomic E-state index is -0.706. The van der Waals surface area contributed by atoms with Crippen LogP contribution in [0.1, 0.15) is 47.3 Å². The minimum Gasteiger partial charge on any atom is -0.326 e. The number of hydrogen-bond donors (Lipinski definition) is 2. The van der Waals surface area contributed by atoms with Gasteiger partial charge in [-0.15, -0.1) is 10.2 Å². The molecule has 2 heterocycles. The van der Waals surface area contributed by atoms with Gasteiger partial charge in [0.05, 0.1) is 18.0 Å². The second-order valence-corrected chi connectivity index (χ2v) is 9.92. The standard InChI is InChI=1S/C25H25Cl2N7O/c26-18-5-7-21-16(12-18)3-4-17-13-19(27)6-8-22(17)25(21,24-30-32-33-31-24)9-10-29-15-23(35)34-11-1-2-20(34)14-28/h5-8,12-13,20,29H,1-4,9-11,15H2,(H,30,31,32,33)/t20-/m0/s1. The van der Waals surface area contributed by atoms with Gasteiger partial charge < -0.3 is 10.2 Å². The monoisotopic (exact) mass is 509 g/mol. The summed E-state index contributed by atoms with van der Waals surface area (Å²) in [6, 6.07) is 13.8. The van der Waals surface area contributed by atoms with E-state index in [1.165, 1.54) is 0 Å². The van der Waals surface area contributed by atoms with Crippen molar-refractivity contribution in [2.24, 2.45) is 0 Å². The van der Waals surface area contributed by atoms with Crippen LogP contribution < -0.4 is 5.32 Å². The first-order valence-electron chi connectivity index (χ1n) is 11.7. The van der Waals surface area contributed by atoms with Gasteiger partial charge in [0.25, 0.3) is 0 Å². The molecule has 180 valence electrons. The van der Waals surface area contributed by atoms with Crippen LogP contribution in [0.25, 0.3) is 0 Å². The van der Waals surface area contributed by atoms with E-state index in [9.17, 15) is 10.1 Å². The van der Waals surface area contributed by atoms with Crippen molar-refractivity contribution in [1.29, 1.82) is 5.26 Å². The van der Waals surface area contributed by atoms with Crippen LogP contribution in [0.3, 0.4) is 0 Å². The normalized spacial score (nSPS) is 18.4. The van der Waals surface area contributed by atoms with Crippen LogP contribution in [0.4, 0.5) is 0 Å². The molecule has 1 aliphatic carbocycles. The molecule has 35 heavy (non-hydrogen) atoms. The number of halogens is 2. The molecule has 3 aromatic rings. The number of benzene rings is 2. The van der Waals surface area contributed by atoms with Gasteiger partial charge in [-0.2, -0.15) is 10.5 Å². The topological polar surface area (TPSA) is 111 Å². The maximum Gasteiger partial charge on any atom is 0.237 e. The summed E-state index contributed by atoms with van der Waals surface area (Å²) in [5.74, 6) is 0.506. The molecule has 1 aromatic heterocycles. The van der Waals surface area contributed by atoms with E-state index >= 15 is 0 Å². The molecule has 8 nitrogen and oxygen atoms in total. The molecule has 1 fully saturated rings. The van der Waals surface area contributed by atoms with E-state index in [1.807, 2.05) is 36.4 Å². The average Bonchev–Trinajstić information content (AvgIpc) is 3.54. The van der Waals surface area contributed by atoms with Gasteiger partial charge in [0, 0.05) is 16.6 Å². The predicted octanol–water partition coefficient (Wildman–Crippen LogP) is 3.43. The number of nitrogens with one attached hydrogen (secondary N) is 2. The van der Waals surface area contributed by atoms with Crippen molar-refractivity contribution < 1.29 is 4.79 Å². The molecule has 0 unspecified atom stereocenters. The van der Waals surface area contributed by atoms with Crippen LogP contribution in [0.5, 0.6) is 0 Å². The third-order valence-corrected chi connectivity index (χ3v) is 7.59. The largest absolute Gasteiger partial charge is 0.326 e. The highest BCUT2D eigenvalue weighted by Gasteiger charge is 2.44. The lowest BCUT2D eigenvalue weighted by Crippen LogP contribution is -2.42. The molecule has 1 aliphatic heterocycles. The fourth-order valence-corrected chi connectivity index (χ4v) is 5.91. The molecule has 5 rings (SSSR count). The van der Waals surface area contributed by atoms with Crippen LogP contribution >= 0.6 is 23.2 Å². The third kappa shape index (κ3) is 4.40. The van der Waals surface area contributed by atoms with Crippen LogP contribution in [0.15, 0.2) is 36.4 Å². The maximum absolute atomic E-state index is 12.7. The molecule has 2 N–H and O–H groups in total. The quantitative estimate of drug-likeness (QED) is 0.492. The fourth-order valence-electron chi connectivity index (χ4n) is 5.52. The Morgan fingerprint density at radius 1 is 1.17 bits per heavy atom. The van der Waals surface area contributed by atoms with Crippen molar-refractivity contribution in [2.75, 3.05) is 19.6 Å². The van der Waals surface area contributed by atoms with E-state index in [0.717, 1.165) is 47.9 Å². The molecule has 1 saturated heterocycles. The highest BCUT2D eigenvalue weighted by Crippen LogP contribution is 2.46. The zero-order valence-corrected chi connectivity index (χ0v) is 20.6. The smallest absolute Gasteiger partial charge is 0.237 e. The van der Waals surface area contributed by atoms with E-state index in [1.54, 1.807) is 4.90 Å². The van der Waals surface area contributed by atoms with Crippen molar-refractivity contribution in [1.82, 2.24) is 30.8 Å². The van der Waals surface area contributed by atoms with E-state index in [4.69, 9.17) is 23.2 Å². The zero-order valence-electron chi connectivity index (χ0n) is 19.1. The summed E-state index contributed by atoms with van der Waals surface area (Å²) < 4.78 is 0. The molecule has 2 aromatic carbocycles. The Hall–Kier alpha value is -2.99. The number of aromatic amines is 1. The van der Waals surface area contributed by atoms with Crippen LogP contribution in [-0.4, -0.2) is 57.1 Å². The van der Waals surface area contributed by atoms with Crippen LogP contribution in [0.2, 0.25) is 10.0 Å². The Morgan fingerprint density at radius 3 is 2.46 bits per heavy atom. The lowest BCUT2D eigenvalue weighted by Gasteiger charge is -2.34. The number of carbonyl (C=O) groups excluding carboxylic acids is 1. The molecule has 0 saturated carbocycles.